The van der Waals surface area contributed by atoms with E-state index in [2.05, 4.69) is 24.1 Å². The van der Waals surface area contributed by atoms with Gasteiger partial charge in [-0.3, -0.25) is 10.1 Å². The second-order valence-corrected chi connectivity index (χ2v) is 6.47. The fourth-order valence-corrected chi connectivity index (χ4v) is 2.44. The van der Waals surface area contributed by atoms with Gasteiger partial charge in [-0.05, 0) is 29.7 Å². The van der Waals surface area contributed by atoms with Gasteiger partial charge in [-0.1, -0.05) is 19.9 Å². The van der Waals surface area contributed by atoms with Gasteiger partial charge in [0, 0.05) is 11.6 Å². The second kappa shape index (κ2) is 8.85. The minimum absolute atomic E-state index is 0.0203. The molecule has 0 unspecified atom stereocenters. The first kappa shape index (κ1) is 18.5. The molecule has 0 saturated heterocycles. The summed E-state index contributed by atoms with van der Waals surface area (Å²) in [5, 5.41) is 14.0. The van der Waals surface area contributed by atoms with Crippen molar-refractivity contribution in [1.29, 1.82) is 5.26 Å². The maximum Gasteiger partial charge on any atom is 0.268 e. The van der Waals surface area contributed by atoms with Gasteiger partial charge in [0.1, 0.15) is 11.6 Å². The van der Waals surface area contributed by atoms with Crippen LogP contribution in [-0.2, 0) is 4.79 Å². The highest BCUT2D eigenvalue weighted by Crippen LogP contribution is 2.29. The smallest absolute Gasteiger partial charge is 0.268 e. The van der Waals surface area contributed by atoms with Crippen molar-refractivity contribution >= 4 is 28.5 Å². The molecule has 0 bridgehead atoms. The van der Waals surface area contributed by atoms with Crippen LogP contribution in [0.4, 0.5) is 5.13 Å². The molecule has 25 heavy (non-hydrogen) atoms. The molecule has 1 aromatic heterocycles. The molecule has 0 aliphatic heterocycles. The standard InChI is InChI=1S/C18H19N3O3S/c1-12(2)11-24-15-5-4-13(9-16(15)23-3)8-14(10-19)17(22)21-18-20-6-7-25-18/h4-9,12H,11H2,1-3H3,(H,20,21,22)/b14-8+. The molecule has 0 saturated carbocycles. The van der Waals surface area contributed by atoms with Gasteiger partial charge < -0.3 is 9.47 Å². The first-order chi connectivity index (χ1) is 12.0. The number of carbonyl (C=O) groups is 1. The highest BCUT2D eigenvalue weighted by atomic mass is 32.1. The molecule has 0 spiro atoms. The van der Waals surface area contributed by atoms with Gasteiger partial charge in [-0.15, -0.1) is 11.3 Å². The maximum absolute atomic E-state index is 12.2. The Hall–Kier alpha value is -2.85. The van der Waals surface area contributed by atoms with Gasteiger partial charge in [0.25, 0.3) is 5.91 Å². The van der Waals surface area contributed by atoms with Crippen molar-refractivity contribution in [3.63, 3.8) is 0 Å². The fraction of sp³-hybridized carbons (Fsp3) is 0.278. The zero-order valence-corrected chi connectivity index (χ0v) is 15.1. The highest BCUT2D eigenvalue weighted by molar-refractivity contribution is 7.13. The molecule has 1 N–H and O–H groups in total. The van der Waals surface area contributed by atoms with Crippen LogP contribution in [0.1, 0.15) is 19.4 Å². The summed E-state index contributed by atoms with van der Waals surface area (Å²) in [7, 11) is 1.55. The lowest BCUT2D eigenvalue weighted by Crippen LogP contribution is -2.13. The first-order valence-corrected chi connectivity index (χ1v) is 8.55. The molecular weight excluding hydrogens is 338 g/mol. The van der Waals surface area contributed by atoms with E-state index in [-0.39, 0.29) is 5.57 Å². The molecule has 0 radical (unpaired) electrons. The lowest BCUT2D eigenvalue weighted by atomic mass is 10.1. The van der Waals surface area contributed by atoms with Crippen LogP contribution in [0.5, 0.6) is 11.5 Å². The fourth-order valence-electron chi connectivity index (χ4n) is 1.91. The number of nitriles is 1. The van der Waals surface area contributed by atoms with Gasteiger partial charge in [0.2, 0.25) is 0 Å². The number of rotatable bonds is 7. The van der Waals surface area contributed by atoms with Crippen LogP contribution in [0.3, 0.4) is 0 Å². The second-order valence-electron chi connectivity index (χ2n) is 5.58. The molecule has 6 nitrogen and oxygen atoms in total. The van der Waals surface area contributed by atoms with Crippen molar-refractivity contribution in [2.75, 3.05) is 19.0 Å². The molecule has 2 aromatic rings. The summed E-state index contributed by atoms with van der Waals surface area (Å²) >= 11 is 1.28. The van der Waals surface area contributed by atoms with E-state index in [1.165, 1.54) is 17.4 Å². The van der Waals surface area contributed by atoms with Gasteiger partial charge in [-0.25, -0.2) is 4.98 Å². The molecule has 0 atom stereocenters. The summed E-state index contributed by atoms with van der Waals surface area (Å²) in [4.78, 5) is 16.1. The van der Waals surface area contributed by atoms with E-state index in [1.807, 2.05) is 6.07 Å². The van der Waals surface area contributed by atoms with E-state index >= 15 is 0 Å². The van der Waals surface area contributed by atoms with E-state index in [9.17, 15) is 10.1 Å². The number of benzene rings is 1. The van der Waals surface area contributed by atoms with Crippen LogP contribution >= 0.6 is 11.3 Å². The van der Waals surface area contributed by atoms with Crippen LogP contribution in [-0.4, -0.2) is 24.6 Å². The van der Waals surface area contributed by atoms with Crippen molar-refractivity contribution in [2.24, 2.45) is 5.92 Å². The van der Waals surface area contributed by atoms with E-state index in [0.29, 0.717) is 34.7 Å². The third-order valence-corrected chi connectivity index (χ3v) is 3.78. The third-order valence-electron chi connectivity index (χ3n) is 3.09. The number of nitrogens with zero attached hydrogens (tertiary/aromatic N) is 2. The van der Waals surface area contributed by atoms with E-state index in [4.69, 9.17) is 9.47 Å². The van der Waals surface area contributed by atoms with Crippen LogP contribution in [0.15, 0.2) is 35.3 Å². The number of methoxy groups -OCH3 is 1. The normalized spacial score (nSPS) is 11.1. The van der Waals surface area contributed by atoms with E-state index in [1.54, 1.807) is 36.9 Å². The Morgan fingerprint density at radius 3 is 2.84 bits per heavy atom. The molecule has 0 aliphatic carbocycles. The number of carbonyl (C=O) groups excluding carboxylic acids is 1. The maximum atomic E-state index is 12.2. The van der Waals surface area contributed by atoms with Crippen molar-refractivity contribution in [2.45, 2.75) is 13.8 Å². The number of aromatic nitrogens is 1. The number of amides is 1. The zero-order valence-electron chi connectivity index (χ0n) is 14.3. The largest absolute Gasteiger partial charge is 0.493 e. The van der Waals surface area contributed by atoms with Gasteiger partial charge in [-0.2, -0.15) is 5.26 Å². The number of thiazole rings is 1. The summed E-state index contributed by atoms with van der Waals surface area (Å²) in [6, 6.07) is 7.17. The Balaban J connectivity index is 2.19. The van der Waals surface area contributed by atoms with Gasteiger partial charge in [0.15, 0.2) is 16.6 Å². The number of anilines is 1. The predicted octanol–water partition coefficient (Wildman–Crippen LogP) is 3.73. The first-order valence-electron chi connectivity index (χ1n) is 7.67. The van der Waals surface area contributed by atoms with Crippen molar-refractivity contribution < 1.29 is 14.3 Å². The minimum atomic E-state index is -0.503. The topological polar surface area (TPSA) is 84.2 Å². The van der Waals surface area contributed by atoms with Crippen molar-refractivity contribution in [3.8, 4) is 17.6 Å². The molecule has 0 aliphatic rings. The van der Waals surface area contributed by atoms with Crippen LogP contribution in [0, 0.1) is 17.2 Å². The van der Waals surface area contributed by atoms with Crippen molar-refractivity contribution in [1.82, 2.24) is 4.98 Å². The summed E-state index contributed by atoms with van der Waals surface area (Å²) < 4.78 is 11.0. The molecule has 7 heteroatoms. The molecular formula is C18H19N3O3S. The molecule has 130 valence electrons. The van der Waals surface area contributed by atoms with E-state index < -0.39 is 5.91 Å². The molecule has 1 amide bonds. The molecule has 2 rings (SSSR count). The summed E-state index contributed by atoms with van der Waals surface area (Å²) in [6.07, 6.45) is 3.08. The Morgan fingerprint density at radius 1 is 1.44 bits per heavy atom. The number of nitrogens with one attached hydrogen (secondary N) is 1. The highest BCUT2D eigenvalue weighted by Gasteiger charge is 2.12. The lowest BCUT2D eigenvalue weighted by Gasteiger charge is -2.13. The Morgan fingerprint density at radius 2 is 2.24 bits per heavy atom. The Labute approximate surface area is 150 Å². The monoisotopic (exact) mass is 357 g/mol. The van der Waals surface area contributed by atoms with Crippen LogP contribution < -0.4 is 14.8 Å². The minimum Gasteiger partial charge on any atom is -0.493 e. The number of hydrogen-bond acceptors (Lipinski definition) is 6. The molecule has 1 heterocycles. The SMILES string of the molecule is COc1cc(/C=C(\C#N)C(=O)Nc2nccs2)ccc1OCC(C)C. The van der Waals surface area contributed by atoms with Crippen molar-refractivity contribution in [3.05, 3.63) is 40.9 Å². The molecule has 1 aromatic carbocycles. The average molecular weight is 357 g/mol. The Bertz CT molecular complexity index is 792. The number of hydrogen-bond donors (Lipinski definition) is 1. The van der Waals surface area contributed by atoms with Crippen LogP contribution in [0.2, 0.25) is 0 Å². The summed E-state index contributed by atoms with van der Waals surface area (Å²) in [5.41, 5.74) is 0.646. The van der Waals surface area contributed by atoms with Crippen LogP contribution in [0.25, 0.3) is 6.08 Å². The van der Waals surface area contributed by atoms with Gasteiger partial charge in [0.05, 0.1) is 13.7 Å². The summed E-state index contributed by atoms with van der Waals surface area (Å²) in [5.74, 6) is 1.06. The van der Waals surface area contributed by atoms with Gasteiger partial charge >= 0.3 is 0 Å². The average Bonchev–Trinajstić information content (AvgIpc) is 3.10. The van der Waals surface area contributed by atoms with E-state index in [0.717, 1.165) is 0 Å². The predicted molar refractivity (Wildman–Crippen MR) is 97.7 cm³/mol. The number of ether oxygens (including phenoxy) is 2. The molecule has 0 fully saturated rings. The summed E-state index contributed by atoms with van der Waals surface area (Å²) in [6.45, 7) is 4.69. The lowest BCUT2D eigenvalue weighted by molar-refractivity contribution is -0.112. The zero-order chi connectivity index (χ0) is 18.2. The Kier molecular flexibility index (Phi) is 6.54. The quantitative estimate of drug-likeness (QED) is 0.603. The third kappa shape index (κ3) is 5.33.